The molecule has 0 spiro atoms. The van der Waals surface area contributed by atoms with Crippen LogP contribution >= 0.6 is 0 Å². The molecule has 2 aromatic rings. The Labute approximate surface area is 128 Å². The molecule has 0 amide bonds. The molecule has 0 aliphatic heterocycles. The molecule has 0 radical (unpaired) electrons. The molecule has 0 saturated heterocycles. The van der Waals surface area contributed by atoms with Gasteiger partial charge in [0.05, 0.1) is 12.7 Å². The third-order valence-corrected chi connectivity index (χ3v) is 3.81. The third-order valence-electron chi connectivity index (χ3n) is 3.81. The lowest BCUT2D eigenvalue weighted by atomic mass is 9.93. The van der Waals surface area contributed by atoms with Gasteiger partial charge in [0.2, 0.25) is 0 Å². The maximum absolute atomic E-state index is 12.5. The molecule has 1 atom stereocenters. The lowest BCUT2D eigenvalue weighted by molar-refractivity contribution is -0.137. The van der Waals surface area contributed by atoms with E-state index < -0.39 is 11.7 Å². The van der Waals surface area contributed by atoms with Crippen LogP contribution in [0.2, 0.25) is 0 Å². The van der Waals surface area contributed by atoms with E-state index in [0.29, 0.717) is 5.92 Å². The van der Waals surface area contributed by atoms with E-state index in [9.17, 15) is 13.2 Å². The molecule has 2 rings (SSSR count). The van der Waals surface area contributed by atoms with Crippen LogP contribution in [0.3, 0.4) is 0 Å². The van der Waals surface area contributed by atoms with Crippen molar-refractivity contribution in [2.75, 3.05) is 7.11 Å². The smallest absolute Gasteiger partial charge is 0.416 e. The van der Waals surface area contributed by atoms with Crippen LogP contribution in [0.5, 0.6) is 5.75 Å². The van der Waals surface area contributed by atoms with Gasteiger partial charge in [-0.3, -0.25) is 0 Å². The van der Waals surface area contributed by atoms with Gasteiger partial charge in [-0.2, -0.15) is 13.2 Å². The molecule has 22 heavy (non-hydrogen) atoms. The fourth-order valence-electron chi connectivity index (χ4n) is 2.36. The molecule has 0 aliphatic carbocycles. The van der Waals surface area contributed by atoms with Crippen LogP contribution in [-0.2, 0) is 12.6 Å². The van der Waals surface area contributed by atoms with Gasteiger partial charge in [0.25, 0.3) is 0 Å². The van der Waals surface area contributed by atoms with Crippen molar-refractivity contribution in [3.05, 3.63) is 65.2 Å². The SMILES string of the molecule is COc1cccc([C@@H](C)CCc2ccc(C(F)(F)F)cc2)c1. The summed E-state index contributed by atoms with van der Waals surface area (Å²) >= 11 is 0. The summed E-state index contributed by atoms with van der Waals surface area (Å²) in [7, 11) is 1.63. The van der Waals surface area contributed by atoms with Crippen molar-refractivity contribution in [1.29, 1.82) is 0 Å². The van der Waals surface area contributed by atoms with Gasteiger partial charge in [-0.25, -0.2) is 0 Å². The van der Waals surface area contributed by atoms with E-state index in [2.05, 4.69) is 6.92 Å². The van der Waals surface area contributed by atoms with E-state index in [0.717, 1.165) is 36.3 Å². The van der Waals surface area contributed by atoms with Gasteiger partial charge in [0, 0.05) is 0 Å². The van der Waals surface area contributed by atoms with Crippen LogP contribution in [0, 0.1) is 0 Å². The zero-order valence-corrected chi connectivity index (χ0v) is 12.7. The molecular weight excluding hydrogens is 289 g/mol. The Morgan fingerprint density at radius 1 is 1.05 bits per heavy atom. The summed E-state index contributed by atoms with van der Waals surface area (Å²) in [4.78, 5) is 0. The number of rotatable bonds is 5. The number of hydrogen-bond acceptors (Lipinski definition) is 1. The average Bonchev–Trinajstić information content (AvgIpc) is 2.52. The Balaban J connectivity index is 1.97. The summed E-state index contributed by atoms with van der Waals surface area (Å²) in [6.07, 6.45) is -2.65. The molecule has 0 unspecified atom stereocenters. The highest BCUT2D eigenvalue weighted by Gasteiger charge is 2.29. The first-order valence-corrected chi connectivity index (χ1v) is 7.20. The van der Waals surface area contributed by atoms with E-state index in [1.807, 2.05) is 24.3 Å². The summed E-state index contributed by atoms with van der Waals surface area (Å²) in [6.45, 7) is 2.11. The van der Waals surface area contributed by atoms with Crippen molar-refractivity contribution in [3.63, 3.8) is 0 Å². The molecule has 0 heterocycles. The Morgan fingerprint density at radius 2 is 1.73 bits per heavy atom. The average molecular weight is 308 g/mol. The van der Waals surface area contributed by atoms with Crippen LogP contribution in [0.25, 0.3) is 0 Å². The van der Waals surface area contributed by atoms with Gasteiger partial charge in [0.1, 0.15) is 5.75 Å². The summed E-state index contributed by atoms with van der Waals surface area (Å²) in [5.41, 5.74) is 1.49. The molecule has 0 aliphatic rings. The number of hydrogen-bond donors (Lipinski definition) is 0. The molecular formula is C18H19F3O. The minimum Gasteiger partial charge on any atom is -0.497 e. The number of methoxy groups -OCH3 is 1. The first-order chi connectivity index (χ1) is 10.4. The van der Waals surface area contributed by atoms with Crippen LogP contribution < -0.4 is 4.74 Å². The van der Waals surface area contributed by atoms with Crippen LogP contribution in [0.1, 0.15) is 36.0 Å². The Bertz CT molecular complexity index is 602. The maximum Gasteiger partial charge on any atom is 0.416 e. The van der Waals surface area contributed by atoms with Crippen molar-refractivity contribution < 1.29 is 17.9 Å². The third kappa shape index (κ3) is 4.26. The van der Waals surface area contributed by atoms with Gasteiger partial charge in [0.15, 0.2) is 0 Å². The molecule has 0 bridgehead atoms. The minimum atomic E-state index is -4.27. The fourth-order valence-corrected chi connectivity index (χ4v) is 2.36. The van der Waals surface area contributed by atoms with Crippen LogP contribution in [0.15, 0.2) is 48.5 Å². The van der Waals surface area contributed by atoms with E-state index >= 15 is 0 Å². The number of alkyl halides is 3. The molecule has 0 aromatic heterocycles. The summed E-state index contributed by atoms with van der Waals surface area (Å²) < 4.78 is 42.7. The van der Waals surface area contributed by atoms with Gasteiger partial charge in [-0.1, -0.05) is 31.2 Å². The highest BCUT2D eigenvalue weighted by molar-refractivity contribution is 5.31. The Morgan fingerprint density at radius 3 is 2.32 bits per heavy atom. The Hall–Kier alpha value is -1.97. The lowest BCUT2D eigenvalue weighted by Gasteiger charge is -2.13. The molecule has 4 heteroatoms. The number of halogens is 3. The topological polar surface area (TPSA) is 9.23 Å². The highest BCUT2D eigenvalue weighted by atomic mass is 19.4. The Kier molecular flexibility index (Phi) is 5.11. The number of ether oxygens (including phenoxy) is 1. The monoisotopic (exact) mass is 308 g/mol. The highest BCUT2D eigenvalue weighted by Crippen LogP contribution is 2.30. The molecule has 1 nitrogen and oxygen atoms in total. The van der Waals surface area contributed by atoms with Gasteiger partial charge in [-0.15, -0.1) is 0 Å². The van der Waals surface area contributed by atoms with Gasteiger partial charge in [-0.05, 0) is 54.2 Å². The fraction of sp³-hybridized carbons (Fsp3) is 0.333. The zero-order chi connectivity index (χ0) is 16.2. The predicted molar refractivity (Wildman–Crippen MR) is 81.2 cm³/mol. The van der Waals surface area contributed by atoms with E-state index in [-0.39, 0.29) is 0 Å². The molecule has 0 fully saturated rings. The van der Waals surface area contributed by atoms with Crippen LogP contribution in [0.4, 0.5) is 13.2 Å². The van der Waals surface area contributed by atoms with E-state index in [4.69, 9.17) is 4.74 Å². The molecule has 0 N–H and O–H groups in total. The zero-order valence-electron chi connectivity index (χ0n) is 12.7. The standard InChI is InChI=1S/C18H19F3O/c1-13(15-4-3-5-17(12-15)22-2)6-7-14-8-10-16(11-9-14)18(19,20)21/h3-5,8-13H,6-7H2,1-2H3/t13-/m0/s1. The quantitative estimate of drug-likeness (QED) is 0.713. The second-order valence-electron chi connectivity index (χ2n) is 5.41. The lowest BCUT2D eigenvalue weighted by Crippen LogP contribution is -2.04. The largest absolute Gasteiger partial charge is 0.497 e. The predicted octanol–water partition coefficient (Wildman–Crippen LogP) is 5.45. The van der Waals surface area contributed by atoms with E-state index in [1.54, 1.807) is 19.2 Å². The van der Waals surface area contributed by atoms with Crippen molar-refractivity contribution >= 4 is 0 Å². The second kappa shape index (κ2) is 6.86. The molecule has 0 saturated carbocycles. The van der Waals surface area contributed by atoms with Gasteiger partial charge >= 0.3 is 6.18 Å². The van der Waals surface area contributed by atoms with E-state index in [1.165, 1.54) is 5.56 Å². The summed E-state index contributed by atoms with van der Waals surface area (Å²) in [6, 6.07) is 13.3. The number of aryl methyl sites for hydroxylation is 1. The minimum absolute atomic E-state index is 0.317. The normalized spacial score (nSPS) is 13.0. The van der Waals surface area contributed by atoms with Crippen molar-refractivity contribution in [1.82, 2.24) is 0 Å². The van der Waals surface area contributed by atoms with Gasteiger partial charge < -0.3 is 4.74 Å². The summed E-state index contributed by atoms with van der Waals surface area (Å²) in [5.74, 6) is 1.14. The molecule has 118 valence electrons. The summed E-state index contributed by atoms with van der Waals surface area (Å²) in [5, 5.41) is 0. The first kappa shape index (κ1) is 16.4. The van der Waals surface area contributed by atoms with Crippen molar-refractivity contribution in [3.8, 4) is 5.75 Å². The maximum atomic E-state index is 12.5. The van der Waals surface area contributed by atoms with Crippen LogP contribution in [-0.4, -0.2) is 7.11 Å². The van der Waals surface area contributed by atoms with Crippen molar-refractivity contribution in [2.45, 2.75) is 31.9 Å². The second-order valence-corrected chi connectivity index (χ2v) is 5.41. The molecule has 2 aromatic carbocycles. The number of benzene rings is 2. The first-order valence-electron chi connectivity index (χ1n) is 7.20. The van der Waals surface area contributed by atoms with Crippen molar-refractivity contribution in [2.24, 2.45) is 0 Å².